The molecule has 0 unspecified atom stereocenters. The number of carboxylic acids is 1. The number of nitrogens with zero attached hydrogens (tertiary/aromatic N) is 2. The zero-order valence-corrected chi connectivity index (χ0v) is 13.0. The molecule has 22 heavy (non-hydrogen) atoms. The zero-order chi connectivity index (χ0) is 15.6. The molecule has 0 saturated heterocycles. The van der Waals surface area contributed by atoms with Crippen molar-refractivity contribution < 1.29 is 14.7 Å². The maximum Gasteiger partial charge on any atom is 0.303 e. The summed E-state index contributed by atoms with van der Waals surface area (Å²) in [6.45, 7) is 1.26. The van der Waals surface area contributed by atoms with E-state index in [1.807, 2.05) is 10.8 Å². The number of nitrogens with one attached hydrogen (secondary N) is 1. The number of carboxylic acid groups (broad SMARTS) is 1. The second kappa shape index (κ2) is 9.25. The highest BCUT2D eigenvalue weighted by atomic mass is 16.6. The van der Waals surface area contributed by atoms with Gasteiger partial charge in [-0.05, 0) is 44.1 Å². The molecule has 6 nitrogen and oxygen atoms in total. The minimum Gasteiger partial charge on any atom is -0.481 e. The van der Waals surface area contributed by atoms with E-state index in [2.05, 4.69) is 10.5 Å². The molecule has 1 aliphatic rings. The lowest BCUT2D eigenvalue weighted by molar-refractivity contribution is -0.137. The van der Waals surface area contributed by atoms with Gasteiger partial charge in [0.05, 0.1) is 25.2 Å². The third kappa shape index (κ3) is 5.89. The van der Waals surface area contributed by atoms with E-state index in [-0.39, 0.29) is 6.42 Å². The normalized spacial score (nSPS) is 14.8. The molecule has 1 heterocycles. The van der Waals surface area contributed by atoms with Gasteiger partial charge < -0.3 is 9.67 Å². The van der Waals surface area contributed by atoms with Crippen LogP contribution >= 0.6 is 0 Å². The van der Waals surface area contributed by atoms with Crippen LogP contribution in [0.5, 0.6) is 0 Å². The number of aliphatic carboxylic acids is 1. The molecule has 1 aliphatic carbocycles. The topological polar surface area (TPSA) is 76.4 Å². The van der Waals surface area contributed by atoms with E-state index in [9.17, 15) is 4.79 Å². The van der Waals surface area contributed by atoms with Crippen LogP contribution in [0.15, 0.2) is 30.0 Å². The Hall–Kier alpha value is -1.82. The van der Waals surface area contributed by atoms with Crippen molar-refractivity contribution in [2.75, 3.05) is 6.61 Å². The van der Waals surface area contributed by atoms with Crippen LogP contribution in [0.4, 0.5) is 0 Å². The summed E-state index contributed by atoms with van der Waals surface area (Å²) >= 11 is 0. The van der Waals surface area contributed by atoms with Gasteiger partial charge in [0.1, 0.15) is 0 Å². The molecule has 0 bridgehead atoms. The highest BCUT2D eigenvalue weighted by Crippen LogP contribution is 2.25. The summed E-state index contributed by atoms with van der Waals surface area (Å²) in [4.78, 5) is 20.1. The van der Waals surface area contributed by atoms with E-state index in [0.29, 0.717) is 13.0 Å². The molecule has 1 fully saturated rings. The van der Waals surface area contributed by atoms with E-state index in [1.165, 1.54) is 24.8 Å². The number of rotatable bonds is 9. The van der Waals surface area contributed by atoms with Crippen molar-refractivity contribution in [3.8, 4) is 0 Å². The van der Waals surface area contributed by atoms with Gasteiger partial charge in [0.2, 0.25) is 0 Å². The van der Waals surface area contributed by atoms with Crippen molar-refractivity contribution in [1.82, 2.24) is 15.0 Å². The SMILES string of the molecule is O=C(O)CCCCONC(Cn1ccnc1)=C1CCCCC1. The van der Waals surface area contributed by atoms with Crippen molar-refractivity contribution in [3.63, 3.8) is 0 Å². The van der Waals surface area contributed by atoms with Gasteiger partial charge in [-0.2, -0.15) is 0 Å². The lowest BCUT2D eigenvalue weighted by Crippen LogP contribution is -2.21. The van der Waals surface area contributed by atoms with E-state index >= 15 is 0 Å². The van der Waals surface area contributed by atoms with Gasteiger partial charge in [-0.1, -0.05) is 6.42 Å². The van der Waals surface area contributed by atoms with Crippen molar-refractivity contribution in [2.45, 2.75) is 57.9 Å². The molecule has 122 valence electrons. The number of carbonyl (C=O) groups is 1. The predicted octanol–water partition coefficient (Wildman–Crippen LogP) is 2.88. The summed E-state index contributed by atoms with van der Waals surface area (Å²) in [5.74, 6) is -0.752. The number of allylic oxidation sites excluding steroid dienone is 2. The third-order valence-electron chi connectivity index (χ3n) is 3.87. The van der Waals surface area contributed by atoms with Crippen LogP contribution < -0.4 is 5.48 Å². The first-order chi connectivity index (χ1) is 10.8. The maximum atomic E-state index is 10.5. The van der Waals surface area contributed by atoms with E-state index in [0.717, 1.165) is 31.5 Å². The van der Waals surface area contributed by atoms with Gasteiger partial charge >= 0.3 is 5.97 Å². The second-order valence-electron chi connectivity index (χ2n) is 5.68. The quantitative estimate of drug-likeness (QED) is 0.542. The molecule has 2 rings (SSSR count). The lowest BCUT2D eigenvalue weighted by Gasteiger charge is -2.20. The summed E-state index contributed by atoms with van der Waals surface area (Å²) in [6, 6.07) is 0. The van der Waals surface area contributed by atoms with Gasteiger partial charge in [-0.3, -0.25) is 15.1 Å². The van der Waals surface area contributed by atoms with E-state index in [4.69, 9.17) is 9.94 Å². The Balaban J connectivity index is 1.81. The Morgan fingerprint density at radius 3 is 2.82 bits per heavy atom. The van der Waals surface area contributed by atoms with Gasteiger partial charge in [-0.25, -0.2) is 4.98 Å². The number of hydrogen-bond acceptors (Lipinski definition) is 4. The second-order valence-corrected chi connectivity index (χ2v) is 5.68. The molecule has 0 aromatic carbocycles. The molecule has 0 amide bonds. The van der Waals surface area contributed by atoms with Crippen LogP contribution in [-0.2, 0) is 16.2 Å². The Bertz CT molecular complexity index is 475. The van der Waals surface area contributed by atoms with Gasteiger partial charge in [0, 0.05) is 18.8 Å². The van der Waals surface area contributed by atoms with Crippen molar-refractivity contribution in [2.24, 2.45) is 0 Å². The van der Waals surface area contributed by atoms with Crippen LogP contribution in [0.25, 0.3) is 0 Å². The van der Waals surface area contributed by atoms with Gasteiger partial charge in [0.15, 0.2) is 0 Å². The number of hydroxylamine groups is 1. The first kappa shape index (κ1) is 16.5. The molecule has 1 aromatic heterocycles. The summed E-state index contributed by atoms with van der Waals surface area (Å²) in [6.07, 6.45) is 13.1. The minimum absolute atomic E-state index is 0.201. The van der Waals surface area contributed by atoms with Crippen LogP contribution in [-0.4, -0.2) is 27.2 Å². The van der Waals surface area contributed by atoms with Gasteiger partial charge in [0.25, 0.3) is 0 Å². The van der Waals surface area contributed by atoms with Crippen molar-refractivity contribution >= 4 is 5.97 Å². The average molecular weight is 307 g/mol. The monoisotopic (exact) mass is 307 g/mol. The maximum absolute atomic E-state index is 10.5. The van der Waals surface area contributed by atoms with Crippen LogP contribution in [0.2, 0.25) is 0 Å². The molecule has 0 spiro atoms. The highest BCUT2D eigenvalue weighted by Gasteiger charge is 2.12. The van der Waals surface area contributed by atoms with Crippen LogP contribution in [0.1, 0.15) is 51.4 Å². The van der Waals surface area contributed by atoms with E-state index < -0.39 is 5.97 Å². The fraction of sp³-hybridized carbons (Fsp3) is 0.625. The zero-order valence-electron chi connectivity index (χ0n) is 13.0. The molecule has 1 aromatic rings. The predicted molar refractivity (Wildman–Crippen MR) is 82.9 cm³/mol. The van der Waals surface area contributed by atoms with Crippen LogP contribution in [0, 0.1) is 0 Å². The molecular weight excluding hydrogens is 282 g/mol. The summed E-state index contributed by atoms with van der Waals surface area (Å²) < 4.78 is 2.03. The molecule has 2 N–H and O–H groups in total. The average Bonchev–Trinajstić information content (AvgIpc) is 3.03. The first-order valence-electron chi connectivity index (χ1n) is 8.02. The third-order valence-corrected chi connectivity index (χ3v) is 3.87. The summed E-state index contributed by atoms with van der Waals surface area (Å²) in [5, 5.41) is 8.60. The van der Waals surface area contributed by atoms with Crippen molar-refractivity contribution in [3.05, 3.63) is 30.0 Å². The lowest BCUT2D eigenvalue weighted by atomic mass is 9.93. The Labute approximate surface area is 131 Å². The molecule has 0 atom stereocenters. The Kier molecular flexibility index (Phi) is 6.96. The standard InChI is InChI=1S/C16H25N3O3/c20-16(21)8-4-5-11-22-18-15(12-19-10-9-17-13-19)14-6-2-1-3-7-14/h9-10,13,18H,1-8,11-12H2,(H,20,21). The largest absolute Gasteiger partial charge is 0.481 e. The van der Waals surface area contributed by atoms with Crippen molar-refractivity contribution in [1.29, 1.82) is 0 Å². The number of aromatic nitrogens is 2. The fourth-order valence-corrected chi connectivity index (χ4v) is 2.65. The number of hydrogen-bond donors (Lipinski definition) is 2. The summed E-state index contributed by atoms with van der Waals surface area (Å²) in [7, 11) is 0. The smallest absolute Gasteiger partial charge is 0.303 e. The van der Waals surface area contributed by atoms with Crippen LogP contribution in [0.3, 0.4) is 0 Å². The van der Waals surface area contributed by atoms with E-state index in [1.54, 1.807) is 12.5 Å². The first-order valence-corrected chi connectivity index (χ1v) is 8.02. The minimum atomic E-state index is -0.752. The Morgan fingerprint density at radius 2 is 2.14 bits per heavy atom. The summed E-state index contributed by atoms with van der Waals surface area (Å²) in [5.41, 5.74) is 5.66. The molecule has 0 radical (unpaired) electrons. The number of unbranched alkanes of at least 4 members (excludes halogenated alkanes) is 1. The van der Waals surface area contributed by atoms with Gasteiger partial charge in [-0.15, -0.1) is 0 Å². The Morgan fingerprint density at radius 1 is 1.32 bits per heavy atom. The molecule has 1 saturated carbocycles. The highest BCUT2D eigenvalue weighted by molar-refractivity contribution is 5.66. The number of imidazole rings is 1. The molecule has 0 aliphatic heterocycles. The fourth-order valence-electron chi connectivity index (χ4n) is 2.65. The molecular formula is C16H25N3O3. The molecule has 6 heteroatoms.